The minimum atomic E-state index is -0.837. The molecule has 0 atom stereocenters. The molecule has 2 nitrogen and oxygen atoms in total. The molecule has 0 spiro atoms. The van der Waals surface area contributed by atoms with Crippen LogP contribution in [0, 0.1) is 18.6 Å². The molecule has 0 aliphatic carbocycles. The van der Waals surface area contributed by atoms with Gasteiger partial charge < -0.3 is 4.57 Å². The van der Waals surface area contributed by atoms with Gasteiger partial charge in [-0.05, 0) is 24.6 Å². The molecule has 0 saturated heterocycles. The van der Waals surface area contributed by atoms with Crippen LogP contribution in [0.3, 0.4) is 0 Å². The first kappa shape index (κ1) is 13.5. The normalized spacial score (nSPS) is 11.0. The third-order valence-electron chi connectivity index (χ3n) is 3.63. The Labute approximate surface area is 120 Å². The fraction of sp³-hybridized carbons (Fsp3) is 0.118. The van der Waals surface area contributed by atoms with Crippen molar-refractivity contribution in [3.05, 3.63) is 70.9 Å². The molecule has 106 valence electrons. The Morgan fingerprint density at radius 1 is 1.05 bits per heavy atom. The SMILES string of the molecule is Cc1cc(C(=O)c2cn(C)c3ccccc23)c(F)cc1F. The largest absolute Gasteiger partial charge is 0.350 e. The average molecular weight is 285 g/mol. The van der Waals surface area contributed by atoms with Crippen LogP contribution in [0.2, 0.25) is 0 Å². The molecule has 1 heterocycles. The number of ketones is 1. The molecule has 0 unspecified atom stereocenters. The predicted molar refractivity (Wildman–Crippen MR) is 77.4 cm³/mol. The summed E-state index contributed by atoms with van der Waals surface area (Å²) in [5, 5.41) is 0.756. The Hall–Kier alpha value is -2.49. The van der Waals surface area contributed by atoms with Crippen LogP contribution in [0.1, 0.15) is 21.5 Å². The standard InChI is InChI=1S/C17H13F2NO/c1-10-7-12(15(19)8-14(10)18)17(21)13-9-20(2)16-6-4-3-5-11(13)16/h3-9H,1-2H3. The van der Waals surface area contributed by atoms with Crippen LogP contribution in [0.25, 0.3) is 10.9 Å². The molecule has 1 aromatic heterocycles. The first-order valence-corrected chi connectivity index (χ1v) is 6.53. The van der Waals surface area contributed by atoms with Crippen molar-refractivity contribution >= 4 is 16.7 Å². The summed E-state index contributed by atoms with van der Waals surface area (Å²) in [6, 6.07) is 9.42. The van der Waals surface area contributed by atoms with E-state index in [4.69, 9.17) is 0 Å². The molecule has 3 rings (SSSR count). The second-order valence-corrected chi connectivity index (χ2v) is 5.08. The lowest BCUT2D eigenvalue weighted by Gasteiger charge is -2.04. The highest BCUT2D eigenvalue weighted by molar-refractivity contribution is 6.16. The summed E-state index contributed by atoms with van der Waals surface area (Å²) in [6.07, 6.45) is 1.67. The molecule has 0 fully saturated rings. The summed E-state index contributed by atoms with van der Waals surface area (Å²) in [6.45, 7) is 1.51. The number of para-hydroxylation sites is 1. The smallest absolute Gasteiger partial charge is 0.198 e. The van der Waals surface area contributed by atoms with Gasteiger partial charge in [0.1, 0.15) is 11.6 Å². The van der Waals surface area contributed by atoms with Gasteiger partial charge in [-0.15, -0.1) is 0 Å². The number of hydrogen-bond donors (Lipinski definition) is 0. The van der Waals surface area contributed by atoms with E-state index < -0.39 is 17.4 Å². The molecular weight excluding hydrogens is 272 g/mol. The van der Waals surface area contributed by atoms with E-state index in [0.29, 0.717) is 5.56 Å². The van der Waals surface area contributed by atoms with E-state index in [1.54, 1.807) is 6.20 Å². The zero-order chi connectivity index (χ0) is 15.1. The Kier molecular flexibility index (Phi) is 3.09. The first-order valence-electron chi connectivity index (χ1n) is 6.53. The second kappa shape index (κ2) is 4.81. The zero-order valence-electron chi connectivity index (χ0n) is 11.7. The van der Waals surface area contributed by atoms with E-state index in [9.17, 15) is 13.6 Å². The first-order chi connectivity index (χ1) is 9.99. The molecule has 0 aliphatic rings. The fourth-order valence-corrected chi connectivity index (χ4v) is 2.50. The van der Waals surface area contributed by atoms with Crippen molar-refractivity contribution in [2.24, 2.45) is 7.05 Å². The second-order valence-electron chi connectivity index (χ2n) is 5.08. The molecule has 0 aliphatic heterocycles. The molecule has 0 amide bonds. The van der Waals surface area contributed by atoms with Crippen molar-refractivity contribution in [1.29, 1.82) is 0 Å². The Balaban J connectivity index is 2.20. The van der Waals surface area contributed by atoms with E-state index in [0.717, 1.165) is 17.0 Å². The lowest BCUT2D eigenvalue weighted by Crippen LogP contribution is -2.05. The number of halogens is 2. The molecule has 0 N–H and O–H groups in total. The van der Waals surface area contributed by atoms with E-state index in [-0.39, 0.29) is 11.1 Å². The maximum Gasteiger partial charge on any atom is 0.198 e. The van der Waals surface area contributed by atoms with Gasteiger partial charge in [-0.1, -0.05) is 18.2 Å². The number of aryl methyl sites for hydroxylation is 2. The number of carbonyl (C=O) groups is 1. The van der Waals surface area contributed by atoms with E-state index in [1.807, 2.05) is 35.9 Å². The minimum Gasteiger partial charge on any atom is -0.350 e. The minimum absolute atomic E-state index is 0.106. The number of hydrogen-bond acceptors (Lipinski definition) is 1. The summed E-state index contributed by atoms with van der Waals surface area (Å²) >= 11 is 0. The summed E-state index contributed by atoms with van der Waals surface area (Å²) in [7, 11) is 1.82. The third-order valence-corrected chi connectivity index (χ3v) is 3.63. The van der Waals surface area contributed by atoms with Gasteiger partial charge in [0, 0.05) is 35.8 Å². The highest BCUT2D eigenvalue weighted by atomic mass is 19.1. The highest BCUT2D eigenvalue weighted by Crippen LogP contribution is 2.25. The monoisotopic (exact) mass is 285 g/mol. The lowest BCUT2D eigenvalue weighted by atomic mass is 10.0. The molecule has 4 heteroatoms. The third kappa shape index (κ3) is 2.13. The van der Waals surface area contributed by atoms with Gasteiger partial charge in [0.15, 0.2) is 5.78 Å². The van der Waals surface area contributed by atoms with E-state index >= 15 is 0 Å². The summed E-state index contributed by atoms with van der Waals surface area (Å²) < 4.78 is 29.0. The molecule has 0 saturated carbocycles. The predicted octanol–water partition coefficient (Wildman–Crippen LogP) is 4.00. The number of nitrogens with zero attached hydrogens (tertiary/aromatic N) is 1. The van der Waals surface area contributed by atoms with Gasteiger partial charge in [0.25, 0.3) is 0 Å². The van der Waals surface area contributed by atoms with Crippen LogP contribution < -0.4 is 0 Å². The van der Waals surface area contributed by atoms with Gasteiger partial charge in [-0.2, -0.15) is 0 Å². The quantitative estimate of drug-likeness (QED) is 0.652. The van der Waals surface area contributed by atoms with Crippen molar-refractivity contribution in [2.75, 3.05) is 0 Å². The fourth-order valence-electron chi connectivity index (χ4n) is 2.50. The van der Waals surface area contributed by atoms with Crippen LogP contribution in [0.5, 0.6) is 0 Å². The molecule has 21 heavy (non-hydrogen) atoms. The summed E-state index contributed by atoms with van der Waals surface area (Å²) in [4.78, 5) is 12.6. The van der Waals surface area contributed by atoms with Gasteiger partial charge in [-0.3, -0.25) is 4.79 Å². The van der Waals surface area contributed by atoms with Crippen LogP contribution in [0.15, 0.2) is 42.6 Å². The van der Waals surface area contributed by atoms with Crippen molar-refractivity contribution in [3.8, 4) is 0 Å². The number of benzene rings is 2. The average Bonchev–Trinajstić information content (AvgIpc) is 2.80. The maximum atomic E-state index is 13.9. The van der Waals surface area contributed by atoms with Crippen LogP contribution in [-0.4, -0.2) is 10.4 Å². The summed E-state index contributed by atoms with van der Waals surface area (Å²) in [5.41, 5.74) is 1.45. The highest BCUT2D eigenvalue weighted by Gasteiger charge is 2.20. The molecule has 0 bridgehead atoms. The number of rotatable bonds is 2. The Morgan fingerprint density at radius 3 is 2.52 bits per heavy atom. The van der Waals surface area contributed by atoms with Gasteiger partial charge >= 0.3 is 0 Å². The van der Waals surface area contributed by atoms with E-state index in [1.165, 1.54) is 13.0 Å². The topological polar surface area (TPSA) is 22.0 Å². The number of aromatic nitrogens is 1. The number of fused-ring (bicyclic) bond motifs is 1. The molecular formula is C17H13F2NO. The zero-order valence-corrected chi connectivity index (χ0v) is 11.7. The van der Waals surface area contributed by atoms with Crippen LogP contribution in [0.4, 0.5) is 8.78 Å². The lowest BCUT2D eigenvalue weighted by molar-refractivity contribution is 0.103. The summed E-state index contributed by atoms with van der Waals surface area (Å²) in [5.74, 6) is -1.93. The van der Waals surface area contributed by atoms with Crippen LogP contribution in [-0.2, 0) is 7.05 Å². The van der Waals surface area contributed by atoms with Crippen molar-refractivity contribution in [2.45, 2.75) is 6.92 Å². The van der Waals surface area contributed by atoms with Crippen molar-refractivity contribution in [3.63, 3.8) is 0 Å². The van der Waals surface area contributed by atoms with E-state index in [2.05, 4.69) is 0 Å². The molecule has 2 aromatic carbocycles. The van der Waals surface area contributed by atoms with Gasteiger partial charge in [0.05, 0.1) is 5.56 Å². The van der Waals surface area contributed by atoms with Gasteiger partial charge in [-0.25, -0.2) is 8.78 Å². The Morgan fingerprint density at radius 2 is 1.76 bits per heavy atom. The van der Waals surface area contributed by atoms with Crippen molar-refractivity contribution in [1.82, 2.24) is 4.57 Å². The number of carbonyl (C=O) groups excluding carboxylic acids is 1. The Bertz CT molecular complexity index is 865. The van der Waals surface area contributed by atoms with Crippen molar-refractivity contribution < 1.29 is 13.6 Å². The molecule has 0 radical (unpaired) electrons. The van der Waals surface area contributed by atoms with Crippen LogP contribution >= 0.6 is 0 Å². The maximum absolute atomic E-state index is 13.9. The molecule has 3 aromatic rings. The van der Waals surface area contributed by atoms with Gasteiger partial charge in [0.2, 0.25) is 0 Å².